The highest BCUT2D eigenvalue weighted by Crippen LogP contribution is 2.31. The van der Waals surface area contributed by atoms with Crippen molar-refractivity contribution in [1.82, 2.24) is 19.8 Å². The van der Waals surface area contributed by atoms with Crippen molar-refractivity contribution in [3.05, 3.63) is 78.0 Å². The number of aliphatic hydroxyl groups excluding tert-OH is 1. The summed E-state index contributed by atoms with van der Waals surface area (Å²) in [5.41, 5.74) is 1.24. The normalized spacial score (nSPS) is 18.5. The third-order valence-corrected chi connectivity index (χ3v) is 6.39. The second-order valence-corrected chi connectivity index (χ2v) is 9.08. The second kappa shape index (κ2) is 10.8. The van der Waals surface area contributed by atoms with Crippen LogP contribution in [0.25, 0.3) is 11.1 Å². The Hall–Kier alpha value is -3.85. The van der Waals surface area contributed by atoms with Crippen LogP contribution < -0.4 is 4.74 Å². The van der Waals surface area contributed by atoms with Crippen LogP contribution >= 0.6 is 0 Å². The van der Waals surface area contributed by atoms with E-state index in [1.54, 1.807) is 67.5 Å². The highest BCUT2D eigenvalue weighted by molar-refractivity contribution is 5.98. The van der Waals surface area contributed by atoms with Crippen molar-refractivity contribution in [3.8, 4) is 17.0 Å². The molecule has 0 spiro atoms. The fourth-order valence-electron chi connectivity index (χ4n) is 4.20. The minimum absolute atomic E-state index is 0.102. The van der Waals surface area contributed by atoms with Crippen LogP contribution in [-0.4, -0.2) is 75.6 Å². The molecule has 2 aromatic heterocycles. The van der Waals surface area contributed by atoms with Crippen LogP contribution in [0.5, 0.6) is 5.88 Å². The summed E-state index contributed by atoms with van der Waals surface area (Å²) in [4.78, 5) is 38.1. The minimum Gasteiger partial charge on any atom is -0.472 e. The molecule has 0 radical (unpaired) electrons. The summed E-state index contributed by atoms with van der Waals surface area (Å²) in [5.74, 6) is -1.14. The smallest absolute Gasteiger partial charge is 0.272 e. The molecular weight excluding hydrogens is 463 g/mol. The largest absolute Gasteiger partial charge is 0.472 e. The molecule has 188 valence electrons. The molecule has 36 heavy (non-hydrogen) atoms. The van der Waals surface area contributed by atoms with Crippen molar-refractivity contribution in [2.75, 3.05) is 26.7 Å². The number of ether oxygens (including phenoxy) is 1. The number of likely N-dealkylation sites (N-methyl/N-ethyl adjacent to an activating group) is 1. The summed E-state index contributed by atoms with van der Waals surface area (Å²) in [6, 6.07) is 12.5. The Morgan fingerprint density at radius 3 is 2.67 bits per heavy atom. The predicted octanol–water partition coefficient (Wildman–Crippen LogP) is 3.28. The monoisotopic (exact) mass is 492 g/mol. The van der Waals surface area contributed by atoms with Gasteiger partial charge in [0.15, 0.2) is 0 Å². The van der Waals surface area contributed by atoms with E-state index < -0.39 is 18.0 Å². The molecule has 0 aliphatic carbocycles. The molecule has 4 rings (SSSR count). The van der Waals surface area contributed by atoms with Gasteiger partial charge in [-0.2, -0.15) is 0 Å². The van der Waals surface area contributed by atoms with Crippen LogP contribution in [0, 0.1) is 11.7 Å². The van der Waals surface area contributed by atoms with Crippen molar-refractivity contribution in [1.29, 1.82) is 0 Å². The first-order valence-corrected chi connectivity index (χ1v) is 11.8. The van der Waals surface area contributed by atoms with Crippen molar-refractivity contribution >= 4 is 11.8 Å². The van der Waals surface area contributed by atoms with Gasteiger partial charge in [-0.05, 0) is 31.2 Å². The number of fused-ring (bicyclic) bond motifs is 1. The quantitative estimate of drug-likeness (QED) is 0.568. The third-order valence-electron chi connectivity index (χ3n) is 6.39. The van der Waals surface area contributed by atoms with E-state index in [0.29, 0.717) is 23.4 Å². The number of hydrogen-bond donors (Lipinski definition) is 1. The van der Waals surface area contributed by atoms with E-state index in [1.807, 2.05) is 6.92 Å². The molecule has 3 aromatic rings. The van der Waals surface area contributed by atoms with E-state index in [4.69, 9.17) is 4.74 Å². The standard InChI is InChI=1S/C27H29FN4O4/c1-17-14-32(18(2)16-33)26(34)21-12-19(20-8-4-5-9-22(20)28)13-30-25(21)36-24(17)15-31(3)27(35)23-10-6-7-11-29-23/h4-13,17-18,24,33H,14-16H2,1-3H3/t17-,18+,24+/m1/s1. The maximum atomic E-state index is 14.5. The first-order chi connectivity index (χ1) is 17.3. The molecule has 1 aromatic carbocycles. The van der Waals surface area contributed by atoms with Crippen molar-refractivity contribution in [2.45, 2.75) is 26.0 Å². The Balaban J connectivity index is 1.70. The number of pyridine rings is 2. The van der Waals surface area contributed by atoms with Gasteiger partial charge in [-0.15, -0.1) is 0 Å². The Labute approximate surface area is 209 Å². The van der Waals surface area contributed by atoms with E-state index in [2.05, 4.69) is 9.97 Å². The van der Waals surface area contributed by atoms with E-state index in [0.717, 1.165) is 0 Å². The number of amides is 2. The lowest BCUT2D eigenvalue weighted by Gasteiger charge is -2.37. The number of rotatable bonds is 6. The lowest BCUT2D eigenvalue weighted by atomic mass is 9.99. The summed E-state index contributed by atoms with van der Waals surface area (Å²) in [6.07, 6.45) is 2.52. The van der Waals surface area contributed by atoms with Gasteiger partial charge < -0.3 is 19.6 Å². The maximum absolute atomic E-state index is 14.5. The number of carbonyl (C=O) groups excluding carboxylic acids is 2. The van der Waals surface area contributed by atoms with Crippen LogP contribution in [0.4, 0.5) is 4.39 Å². The lowest BCUT2D eigenvalue weighted by Crippen LogP contribution is -2.50. The molecule has 9 heteroatoms. The zero-order chi connectivity index (χ0) is 25.8. The zero-order valence-electron chi connectivity index (χ0n) is 20.5. The predicted molar refractivity (Wildman–Crippen MR) is 132 cm³/mol. The van der Waals surface area contributed by atoms with E-state index in [-0.39, 0.29) is 42.3 Å². The topological polar surface area (TPSA) is 95.9 Å². The van der Waals surface area contributed by atoms with Crippen LogP contribution in [0.3, 0.4) is 0 Å². The first kappa shape index (κ1) is 25.2. The van der Waals surface area contributed by atoms with Gasteiger partial charge >= 0.3 is 0 Å². The summed E-state index contributed by atoms with van der Waals surface area (Å²) in [5, 5.41) is 9.83. The highest BCUT2D eigenvalue weighted by atomic mass is 19.1. The van der Waals surface area contributed by atoms with Crippen LogP contribution in [0.15, 0.2) is 60.9 Å². The molecule has 0 saturated heterocycles. The number of hydrogen-bond acceptors (Lipinski definition) is 6. The molecule has 0 bridgehead atoms. The fraction of sp³-hybridized carbons (Fsp3) is 0.333. The summed E-state index contributed by atoms with van der Waals surface area (Å²) < 4.78 is 20.7. The Bertz CT molecular complexity index is 1240. The Kier molecular flexibility index (Phi) is 7.59. The number of halogens is 1. The Morgan fingerprint density at radius 1 is 1.22 bits per heavy atom. The van der Waals surface area contributed by atoms with Gasteiger partial charge in [-0.25, -0.2) is 9.37 Å². The minimum atomic E-state index is -0.505. The second-order valence-electron chi connectivity index (χ2n) is 9.08. The highest BCUT2D eigenvalue weighted by Gasteiger charge is 2.35. The number of aromatic nitrogens is 2. The molecule has 3 atom stereocenters. The van der Waals surface area contributed by atoms with Gasteiger partial charge in [-0.3, -0.25) is 14.6 Å². The molecule has 3 heterocycles. The molecular formula is C27H29FN4O4. The van der Waals surface area contributed by atoms with Gasteiger partial charge in [0.05, 0.1) is 19.2 Å². The van der Waals surface area contributed by atoms with Crippen molar-refractivity contribution in [3.63, 3.8) is 0 Å². The number of nitrogens with zero attached hydrogens (tertiary/aromatic N) is 4. The third kappa shape index (κ3) is 5.21. The zero-order valence-corrected chi connectivity index (χ0v) is 20.5. The molecule has 1 N–H and O–H groups in total. The van der Waals surface area contributed by atoms with Crippen LogP contribution in [0.1, 0.15) is 34.7 Å². The van der Waals surface area contributed by atoms with Crippen LogP contribution in [-0.2, 0) is 0 Å². The van der Waals surface area contributed by atoms with Gasteiger partial charge in [-0.1, -0.05) is 31.2 Å². The molecule has 0 saturated carbocycles. The lowest BCUT2D eigenvalue weighted by molar-refractivity contribution is 0.0312. The summed E-state index contributed by atoms with van der Waals surface area (Å²) in [6.45, 7) is 3.97. The van der Waals surface area contributed by atoms with Gasteiger partial charge in [0.2, 0.25) is 5.88 Å². The fourth-order valence-corrected chi connectivity index (χ4v) is 4.20. The molecule has 2 amide bonds. The Morgan fingerprint density at radius 2 is 1.97 bits per heavy atom. The van der Waals surface area contributed by atoms with Gasteiger partial charge in [0, 0.05) is 43.0 Å². The number of benzene rings is 1. The SMILES string of the molecule is C[C@@H]1CN([C@@H](C)CO)C(=O)c2cc(-c3ccccc3F)cnc2O[C@H]1CN(C)C(=O)c1ccccn1. The van der Waals surface area contributed by atoms with Gasteiger partial charge in [0.1, 0.15) is 23.2 Å². The van der Waals surface area contributed by atoms with Crippen molar-refractivity contribution in [2.24, 2.45) is 5.92 Å². The van der Waals surface area contributed by atoms with Gasteiger partial charge in [0.25, 0.3) is 11.8 Å². The summed E-state index contributed by atoms with van der Waals surface area (Å²) in [7, 11) is 1.67. The average molecular weight is 493 g/mol. The summed E-state index contributed by atoms with van der Waals surface area (Å²) >= 11 is 0. The average Bonchev–Trinajstić information content (AvgIpc) is 2.90. The molecule has 1 aliphatic heterocycles. The van der Waals surface area contributed by atoms with E-state index in [9.17, 15) is 19.1 Å². The molecule has 0 unspecified atom stereocenters. The molecule has 8 nitrogen and oxygen atoms in total. The maximum Gasteiger partial charge on any atom is 0.272 e. The van der Waals surface area contributed by atoms with E-state index >= 15 is 0 Å². The van der Waals surface area contributed by atoms with E-state index in [1.165, 1.54) is 17.2 Å². The molecule has 1 aliphatic rings. The van der Waals surface area contributed by atoms with Crippen LogP contribution in [0.2, 0.25) is 0 Å². The number of carbonyl (C=O) groups is 2. The van der Waals surface area contributed by atoms with Crippen molar-refractivity contribution < 1.29 is 23.8 Å². The number of aliphatic hydroxyl groups is 1. The molecule has 0 fully saturated rings. The first-order valence-electron chi connectivity index (χ1n) is 11.8.